The van der Waals surface area contributed by atoms with Crippen LogP contribution in [0.25, 0.3) is 0 Å². The van der Waals surface area contributed by atoms with Gasteiger partial charge in [0.1, 0.15) is 19.1 Å². The molecule has 1 unspecified atom stereocenters. The van der Waals surface area contributed by atoms with Gasteiger partial charge in [0.2, 0.25) is 11.8 Å². The normalized spacial score (nSPS) is 24.1. The minimum atomic E-state index is -1.06. The molecule has 8 nitrogen and oxygen atoms in total. The Morgan fingerprint density at radius 3 is 2.39 bits per heavy atom. The highest BCUT2D eigenvalue weighted by Gasteiger charge is 2.38. The monoisotopic (exact) mass is 255 g/mol. The Hall–Kier alpha value is -2.12. The molecule has 0 spiro atoms. The summed E-state index contributed by atoms with van der Waals surface area (Å²) in [6, 6.07) is -1.43. The first-order valence-corrected chi connectivity index (χ1v) is 5.60. The molecule has 8 heteroatoms. The molecule has 0 aromatic rings. The highest BCUT2D eigenvalue weighted by Crippen LogP contribution is 2.19. The molecule has 2 heterocycles. The number of urea groups is 1. The lowest BCUT2D eigenvalue weighted by molar-refractivity contribution is -0.141. The number of piperazine rings is 1. The van der Waals surface area contributed by atoms with Crippen molar-refractivity contribution in [3.8, 4) is 0 Å². The first kappa shape index (κ1) is 12.3. The number of carbonyl (C=O) groups excluding carboxylic acids is 3. The van der Waals surface area contributed by atoms with E-state index in [0.29, 0.717) is 19.4 Å². The number of carboxylic acids is 1. The van der Waals surface area contributed by atoms with E-state index >= 15 is 0 Å². The van der Waals surface area contributed by atoms with E-state index in [-0.39, 0.29) is 13.1 Å². The van der Waals surface area contributed by atoms with Gasteiger partial charge in [0.05, 0.1) is 0 Å². The summed E-state index contributed by atoms with van der Waals surface area (Å²) in [6.45, 7) is -0.0943. The zero-order chi connectivity index (χ0) is 13.3. The molecule has 2 aliphatic heterocycles. The molecular formula is C10H13N3O5. The van der Waals surface area contributed by atoms with Gasteiger partial charge in [-0.2, -0.15) is 0 Å². The summed E-state index contributed by atoms with van der Waals surface area (Å²) < 4.78 is 0. The van der Waals surface area contributed by atoms with Gasteiger partial charge < -0.3 is 14.9 Å². The molecule has 98 valence electrons. The van der Waals surface area contributed by atoms with Gasteiger partial charge in [0.15, 0.2) is 0 Å². The first-order valence-electron chi connectivity index (χ1n) is 5.60. The fourth-order valence-electron chi connectivity index (χ4n) is 2.21. The second-order valence-electron chi connectivity index (χ2n) is 4.30. The van der Waals surface area contributed by atoms with E-state index < -0.39 is 29.9 Å². The van der Waals surface area contributed by atoms with Crippen LogP contribution in [0.3, 0.4) is 0 Å². The van der Waals surface area contributed by atoms with E-state index in [2.05, 4.69) is 5.32 Å². The summed E-state index contributed by atoms with van der Waals surface area (Å²) in [7, 11) is 0. The van der Waals surface area contributed by atoms with Crippen molar-refractivity contribution in [2.45, 2.75) is 18.9 Å². The molecule has 1 atom stereocenters. The van der Waals surface area contributed by atoms with E-state index in [1.54, 1.807) is 0 Å². The SMILES string of the molecule is O=C1CN(C(=O)N2CCCC2C(=O)O)CC(=O)N1. The zero-order valence-corrected chi connectivity index (χ0v) is 9.59. The molecule has 0 radical (unpaired) electrons. The maximum Gasteiger partial charge on any atom is 0.326 e. The van der Waals surface area contributed by atoms with E-state index in [1.807, 2.05) is 0 Å². The quantitative estimate of drug-likeness (QED) is 0.561. The third-order valence-electron chi connectivity index (χ3n) is 3.00. The number of carbonyl (C=O) groups is 4. The smallest absolute Gasteiger partial charge is 0.326 e. The standard InChI is InChI=1S/C10H13N3O5/c14-7-4-12(5-8(15)11-7)10(18)13-3-1-2-6(13)9(16)17/h6H,1-5H2,(H,16,17)(H,11,14,15). The van der Waals surface area contributed by atoms with Gasteiger partial charge in [-0.1, -0.05) is 0 Å². The van der Waals surface area contributed by atoms with Crippen LogP contribution in [0.5, 0.6) is 0 Å². The lowest BCUT2D eigenvalue weighted by atomic mass is 10.2. The first-order chi connectivity index (χ1) is 8.49. The molecule has 18 heavy (non-hydrogen) atoms. The van der Waals surface area contributed by atoms with Gasteiger partial charge in [-0.15, -0.1) is 0 Å². The Morgan fingerprint density at radius 1 is 1.22 bits per heavy atom. The maximum absolute atomic E-state index is 12.1. The van der Waals surface area contributed by atoms with E-state index in [9.17, 15) is 19.2 Å². The van der Waals surface area contributed by atoms with Gasteiger partial charge in [-0.05, 0) is 12.8 Å². The van der Waals surface area contributed by atoms with Crippen LogP contribution < -0.4 is 5.32 Å². The average molecular weight is 255 g/mol. The number of nitrogens with zero attached hydrogens (tertiary/aromatic N) is 2. The van der Waals surface area contributed by atoms with Crippen molar-refractivity contribution < 1.29 is 24.3 Å². The minimum absolute atomic E-state index is 0.215. The Labute approximate surface area is 103 Å². The van der Waals surface area contributed by atoms with Gasteiger partial charge in [-0.25, -0.2) is 9.59 Å². The van der Waals surface area contributed by atoms with Crippen LogP contribution in [0.4, 0.5) is 4.79 Å². The van der Waals surface area contributed by atoms with Crippen molar-refractivity contribution in [3.05, 3.63) is 0 Å². The topological polar surface area (TPSA) is 107 Å². The Morgan fingerprint density at radius 2 is 1.83 bits per heavy atom. The Bertz CT molecular complexity index is 406. The largest absolute Gasteiger partial charge is 0.480 e. The molecule has 2 fully saturated rings. The number of carboxylic acid groups (broad SMARTS) is 1. The molecule has 0 saturated carbocycles. The van der Waals surface area contributed by atoms with Crippen molar-refractivity contribution in [3.63, 3.8) is 0 Å². The molecule has 0 bridgehead atoms. The van der Waals surface area contributed by atoms with Crippen molar-refractivity contribution >= 4 is 23.8 Å². The van der Waals surface area contributed by atoms with Crippen molar-refractivity contribution in [2.75, 3.05) is 19.6 Å². The van der Waals surface area contributed by atoms with Gasteiger partial charge in [-0.3, -0.25) is 14.9 Å². The summed E-state index contributed by atoms with van der Waals surface area (Å²) in [6.07, 6.45) is 1.01. The van der Waals surface area contributed by atoms with E-state index in [1.165, 1.54) is 4.90 Å². The molecule has 2 N–H and O–H groups in total. The summed E-state index contributed by atoms with van der Waals surface area (Å²) >= 11 is 0. The van der Waals surface area contributed by atoms with Crippen LogP contribution in [-0.2, 0) is 14.4 Å². The predicted octanol–water partition coefficient (Wildman–Crippen LogP) is -1.39. The molecule has 2 saturated heterocycles. The van der Waals surface area contributed by atoms with E-state index in [0.717, 1.165) is 4.90 Å². The highest BCUT2D eigenvalue weighted by atomic mass is 16.4. The lowest BCUT2D eigenvalue weighted by Crippen LogP contribution is -2.57. The highest BCUT2D eigenvalue weighted by molar-refractivity contribution is 6.02. The van der Waals surface area contributed by atoms with Crippen molar-refractivity contribution in [1.82, 2.24) is 15.1 Å². The predicted molar refractivity (Wildman–Crippen MR) is 57.5 cm³/mol. The van der Waals surface area contributed by atoms with Crippen molar-refractivity contribution in [1.29, 1.82) is 0 Å². The number of aliphatic carboxylic acids is 1. The summed E-state index contributed by atoms with van der Waals surface area (Å²) in [4.78, 5) is 47.6. The number of rotatable bonds is 1. The second-order valence-corrected chi connectivity index (χ2v) is 4.30. The van der Waals surface area contributed by atoms with Crippen LogP contribution in [0.2, 0.25) is 0 Å². The molecular weight excluding hydrogens is 242 g/mol. The second kappa shape index (κ2) is 4.63. The summed E-state index contributed by atoms with van der Waals surface area (Å²) in [5, 5.41) is 11.1. The third-order valence-corrected chi connectivity index (χ3v) is 3.00. The van der Waals surface area contributed by atoms with Crippen molar-refractivity contribution in [2.24, 2.45) is 0 Å². The van der Waals surface area contributed by atoms with Crippen LogP contribution in [0.1, 0.15) is 12.8 Å². The minimum Gasteiger partial charge on any atom is -0.480 e. The van der Waals surface area contributed by atoms with Gasteiger partial charge in [0.25, 0.3) is 0 Å². The molecule has 4 amide bonds. The molecule has 0 aromatic heterocycles. The molecule has 2 rings (SSSR count). The van der Waals surface area contributed by atoms with Gasteiger partial charge >= 0.3 is 12.0 Å². The Balaban J connectivity index is 2.08. The van der Waals surface area contributed by atoms with E-state index in [4.69, 9.17) is 5.11 Å². The summed E-state index contributed by atoms with van der Waals surface area (Å²) in [5.74, 6) is -2.16. The van der Waals surface area contributed by atoms with Crippen LogP contribution in [0.15, 0.2) is 0 Å². The Kier molecular flexibility index (Phi) is 3.17. The van der Waals surface area contributed by atoms with Crippen LogP contribution in [-0.4, -0.2) is 64.4 Å². The third kappa shape index (κ3) is 2.27. The lowest BCUT2D eigenvalue weighted by Gasteiger charge is -2.31. The fraction of sp³-hybridized carbons (Fsp3) is 0.600. The fourth-order valence-corrected chi connectivity index (χ4v) is 2.21. The maximum atomic E-state index is 12.1. The van der Waals surface area contributed by atoms with Crippen LogP contribution >= 0.6 is 0 Å². The molecule has 2 aliphatic rings. The number of nitrogens with one attached hydrogen (secondary N) is 1. The number of hydrogen-bond donors (Lipinski definition) is 2. The van der Waals surface area contributed by atoms with Crippen LogP contribution in [0, 0.1) is 0 Å². The van der Waals surface area contributed by atoms with Gasteiger partial charge in [0, 0.05) is 6.54 Å². The number of amides is 4. The number of hydrogen-bond acceptors (Lipinski definition) is 4. The molecule has 0 aliphatic carbocycles. The number of likely N-dealkylation sites (tertiary alicyclic amines) is 1. The molecule has 0 aromatic carbocycles. The zero-order valence-electron chi connectivity index (χ0n) is 9.59. The number of imide groups is 1. The average Bonchev–Trinajstić information content (AvgIpc) is 2.75. The summed E-state index contributed by atoms with van der Waals surface area (Å²) in [5.41, 5.74) is 0.